The molecule has 0 aromatic heterocycles. The third-order valence-corrected chi connectivity index (χ3v) is 15.7. The predicted molar refractivity (Wildman–Crippen MR) is 235 cm³/mol. The fourth-order valence-electron chi connectivity index (χ4n) is 10.8. The van der Waals surface area contributed by atoms with Crippen LogP contribution in [-0.4, -0.2) is 48.8 Å². The van der Waals surface area contributed by atoms with Gasteiger partial charge in [-0.2, -0.15) is 0 Å². The average molecular weight is 819 g/mol. The van der Waals surface area contributed by atoms with Crippen LogP contribution < -0.4 is 0 Å². The molecular weight excluding hydrogens is 729 g/mol. The summed E-state index contributed by atoms with van der Waals surface area (Å²) in [5, 5.41) is 10.3. The van der Waals surface area contributed by atoms with Gasteiger partial charge in [0.25, 0.3) is 0 Å². The minimum atomic E-state index is -1.29. The van der Waals surface area contributed by atoms with Crippen molar-refractivity contribution >= 4 is 23.9 Å². The summed E-state index contributed by atoms with van der Waals surface area (Å²) < 4.78 is 17.8. The molecule has 2 rings (SSSR count). The number of hydrogen-bond donors (Lipinski definition) is 1. The number of rotatable bonds is 32. The van der Waals surface area contributed by atoms with E-state index >= 15 is 0 Å². The lowest BCUT2D eigenvalue weighted by Crippen LogP contribution is -2.47. The summed E-state index contributed by atoms with van der Waals surface area (Å²) >= 11 is 0. The van der Waals surface area contributed by atoms with E-state index in [1.807, 2.05) is 27.7 Å². The van der Waals surface area contributed by atoms with Crippen molar-refractivity contribution < 1.29 is 38.5 Å². The smallest absolute Gasteiger partial charge is 0.312 e. The van der Waals surface area contributed by atoms with E-state index < -0.39 is 33.6 Å². The first-order valence-corrected chi connectivity index (χ1v) is 23.9. The predicted octanol–water partition coefficient (Wildman–Crippen LogP) is 13.6. The standard InChI is InChI=1S/C50H90O8/c1-12-15-16-17-18-19-20-21-22-23-24-25-26-27-28-29-35-57-43(54)46(6,14-3)33-34-48(8,44(55)58-40-36-39-30-32-50(40,10)45(39,4)5)38-49(9,42(53)56-11)37-47(7,31-13-2)41(51)52/h39-40H,12-38H2,1-11H3,(H,51,52). The van der Waals surface area contributed by atoms with Crippen LogP contribution >= 0.6 is 0 Å². The third kappa shape index (κ3) is 14.0. The molecule has 0 amide bonds. The number of aliphatic carboxylic acids is 1. The number of carboxylic acid groups (broad SMARTS) is 1. The molecule has 8 heteroatoms. The van der Waals surface area contributed by atoms with Crippen LogP contribution in [0.1, 0.15) is 236 Å². The molecule has 2 fully saturated rings. The van der Waals surface area contributed by atoms with E-state index in [-0.39, 0.29) is 48.1 Å². The second-order valence-corrected chi connectivity index (χ2v) is 20.9. The Hall–Kier alpha value is -2.12. The van der Waals surface area contributed by atoms with E-state index in [0.717, 1.165) is 38.5 Å². The second-order valence-electron chi connectivity index (χ2n) is 20.9. The van der Waals surface area contributed by atoms with Crippen molar-refractivity contribution in [2.75, 3.05) is 13.7 Å². The van der Waals surface area contributed by atoms with Crippen LogP contribution in [0.15, 0.2) is 0 Å². The Kier molecular flexibility index (Phi) is 21.3. The highest BCUT2D eigenvalue weighted by molar-refractivity contribution is 5.82. The summed E-state index contributed by atoms with van der Waals surface area (Å²) in [5.74, 6) is -1.69. The normalized spacial score (nSPS) is 23.9. The SMILES string of the molecule is CCCCCCCCCCCCCCCCCCOC(=O)C(C)(CC)CCC(C)(CC(C)(CC(C)(CCC)C(=O)O)C(=O)OC)C(=O)OC1CC2CCC1(C)C2(C)C. The minimum absolute atomic E-state index is 0.0152. The van der Waals surface area contributed by atoms with Gasteiger partial charge in [-0.05, 0) is 103 Å². The summed E-state index contributed by atoms with van der Waals surface area (Å²) in [6.07, 6.45) is 25.5. The lowest BCUT2D eigenvalue weighted by Gasteiger charge is -2.43. The van der Waals surface area contributed by atoms with Gasteiger partial charge >= 0.3 is 23.9 Å². The van der Waals surface area contributed by atoms with Crippen LogP contribution in [0.3, 0.4) is 0 Å². The quantitative estimate of drug-likeness (QED) is 0.0405. The van der Waals surface area contributed by atoms with E-state index in [4.69, 9.17) is 14.2 Å². The van der Waals surface area contributed by atoms with Gasteiger partial charge in [0.15, 0.2) is 0 Å². The van der Waals surface area contributed by atoms with Crippen molar-refractivity contribution in [2.45, 2.75) is 242 Å². The molecule has 2 aliphatic carbocycles. The first-order chi connectivity index (χ1) is 27.2. The largest absolute Gasteiger partial charge is 0.481 e. The van der Waals surface area contributed by atoms with Gasteiger partial charge in [-0.25, -0.2) is 0 Å². The van der Waals surface area contributed by atoms with Crippen LogP contribution in [-0.2, 0) is 33.4 Å². The van der Waals surface area contributed by atoms with Crippen molar-refractivity contribution in [1.82, 2.24) is 0 Å². The number of unbranched alkanes of at least 4 members (excludes halogenated alkanes) is 15. The van der Waals surface area contributed by atoms with Crippen LogP contribution in [0.2, 0.25) is 0 Å². The molecule has 2 saturated carbocycles. The van der Waals surface area contributed by atoms with Crippen LogP contribution in [0.25, 0.3) is 0 Å². The summed E-state index contributed by atoms with van der Waals surface area (Å²) in [6.45, 7) is 20.5. The van der Waals surface area contributed by atoms with Crippen molar-refractivity contribution in [3.05, 3.63) is 0 Å². The molecule has 2 bridgehead atoms. The number of fused-ring (bicyclic) bond motifs is 2. The van der Waals surface area contributed by atoms with Gasteiger partial charge in [0.2, 0.25) is 0 Å². The minimum Gasteiger partial charge on any atom is -0.481 e. The number of carbonyl (C=O) groups excluding carboxylic acids is 3. The Morgan fingerprint density at radius 2 is 1.09 bits per heavy atom. The van der Waals surface area contributed by atoms with E-state index in [1.165, 1.54) is 90.6 Å². The van der Waals surface area contributed by atoms with Gasteiger partial charge in [-0.1, -0.05) is 144 Å². The maximum Gasteiger partial charge on any atom is 0.312 e. The first-order valence-electron chi connectivity index (χ1n) is 23.9. The van der Waals surface area contributed by atoms with Gasteiger partial charge in [-0.3, -0.25) is 19.2 Å². The van der Waals surface area contributed by atoms with Gasteiger partial charge in [-0.15, -0.1) is 0 Å². The van der Waals surface area contributed by atoms with E-state index in [1.54, 1.807) is 13.8 Å². The van der Waals surface area contributed by atoms with Gasteiger partial charge < -0.3 is 19.3 Å². The lowest BCUT2D eigenvalue weighted by molar-refractivity contribution is -0.176. The Morgan fingerprint density at radius 1 is 0.603 bits per heavy atom. The van der Waals surface area contributed by atoms with E-state index in [9.17, 15) is 24.3 Å². The first kappa shape index (κ1) is 52.0. The van der Waals surface area contributed by atoms with Crippen molar-refractivity contribution in [1.29, 1.82) is 0 Å². The van der Waals surface area contributed by atoms with Crippen molar-refractivity contribution in [3.8, 4) is 0 Å². The average Bonchev–Trinajstić information content (AvgIpc) is 3.51. The Balaban J connectivity index is 2.04. The molecule has 0 aromatic rings. The zero-order valence-electron chi connectivity index (χ0n) is 39.6. The molecular formula is C50H90O8. The summed E-state index contributed by atoms with van der Waals surface area (Å²) in [4.78, 5) is 54.7. The molecule has 0 spiro atoms. The van der Waals surface area contributed by atoms with Crippen LogP contribution in [0.4, 0.5) is 0 Å². The molecule has 8 nitrogen and oxygen atoms in total. The number of hydrogen-bond acceptors (Lipinski definition) is 7. The zero-order chi connectivity index (χ0) is 43.7. The summed E-state index contributed by atoms with van der Waals surface area (Å²) in [5.41, 5.74) is -4.64. The van der Waals surface area contributed by atoms with Crippen molar-refractivity contribution in [3.63, 3.8) is 0 Å². The highest BCUT2D eigenvalue weighted by Crippen LogP contribution is 2.66. The second kappa shape index (κ2) is 23.8. The monoisotopic (exact) mass is 819 g/mol. The van der Waals surface area contributed by atoms with Gasteiger partial charge in [0, 0.05) is 5.41 Å². The van der Waals surface area contributed by atoms with Crippen LogP contribution in [0.5, 0.6) is 0 Å². The Morgan fingerprint density at radius 3 is 1.50 bits per heavy atom. The molecule has 0 aliphatic heterocycles. The molecule has 58 heavy (non-hydrogen) atoms. The molecule has 338 valence electrons. The van der Waals surface area contributed by atoms with E-state index in [2.05, 4.69) is 27.7 Å². The maximum atomic E-state index is 14.7. The molecule has 0 radical (unpaired) electrons. The highest BCUT2D eigenvalue weighted by atomic mass is 16.5. The zero-order valence-corrected chi connectivity index (χ0v) is 39.6. The van der Waals surface area contributed by atoms with Gasteiger partial charge in [0.1, 0.15) is 6.10 Å². The van der Waals surface area contributed by atoms with Crippen LogP contribution in [0, 0.1) is 38.4 Å². The van der Waals surface area contributed by atoms with Crippen molar-refractivity contribution in [2.24, 2.45) is 38.4 Å². The van der Waals surface area contributed by atoms with E-state index in [0.29, 0.717) is 38.2 Å². The topological polar surface area (TPSA) is 116 Å². The molecule has 0 saturated heterocycles. The molecule has 1 N–H and O–H groups in total. The number of methoxy groups -OCH3 is 1. The summed E-state index contributed by atoms with van der Waals surface area (Å²) in [7, 11) is 1.32. The molecule has 7 unspecified atom stereocenters. The maximum absolute atomic E-state index is 14.7. The number of ether oxygens (including phenoxy) is 3. The third-order valence-electron chi connectivity index (χ3n) is 15.7. The fraction of sp³-hybridized carbons (Fsp3) is 0.920. The Bertz CT molecular complexity index is 1280. The van der Waals surface area contributed by atoms with Gasteiger partial charge in [0.05, 0.1) is 35.4 Å². The number of carboxylic acids is 1. The number of carbonyl (C=O) groups is 4. The number of esters is 3. The Labute approximate surface area is 355 Å². The fourth-order valence-corrected chi connectivity index (χ4v) is 10.8. The molecule has 0 heterocycles. The molecule has 2 aliphatic rings. The lowest BCUT2D eigenvalue weighted by atomic mass is 9.62. The summed E-state index contributed by atoms with van der Waals surface area (Å²) in [6, 6.07) is 0. The molecule has 0 aromatic carbocycles. The molecule has 7 atom stereocenters. The highest BCUT2D eigenvalue weighted by Gasteiger charge is 2.63.